The first-order valence-corrected chi connectivity index (χ1v) is 19.8. The van der Waals surface area contributed by atoms with Gasteiger partial charge in [-0.25, -0.2) is 0 Å². The molecule has 0 spiro atoms. The van der Waals surface area contributed by atoms with E-state index < -0.39 is 36.7 Å². The largest absolute Gasteiger partial charge is 0.463 e. The molecule has 1 rings (SSSR count). The van der Waals surface area contributed by atoms with E-state index in [0.717, 1.165) is 38.5 Å². The summed E-state index contributed by atoms with van der Waals surface area (Å²) in [6, 6.07) is 0. The zero-order chi connectivity index (χ0) is 34.4. The summed E-state index contributed by atoms with van der Waals surface area (Å²) in [5, 5.41) is 21.3. The minimum Gasteiger partial charge on any atom is -0.463 e. The molecule has 1 aliphatic heterocycles. The van der Waals surface area contributed by atoms with E-state index in [1.54, 1.807) is 0 Å². The molecular weight excluding hydrogens is 596 g/mol. The molecule has 8 nitrogen and oxygen atoms in total. The van der Waals surface area contributed by atoms with E-state index in [1.807, 2.05) is 0 Å². The fraction of sp³-hybridized carbons (Fsp3) is 0.949. The fourth-order valence-electron chi connectivity index (χ4n) is 6.39. The average molecular weight is 671 g/mol. The molecule has 0 aliphatic carbocycles. The number of aliphatic hydroxyl groups is 2. The van der Waals surface area contributed by atoms with Crippen LogP contribution in [0.2, 0.25) is 0 Å². The summed E-state index contributed by atoms with van der Waals surface area (Å²) in [6.45, 7) is 4.30. The number of ether oxygens (including phenoxy) is 4. The molecule has 0 amide bonds. The Morgan fingerprint density at radius 1 is 0.532 bits per heavy atom. The van der Waals surface area contributed by atoms with Crippen molar-refractivity contribution in [2.45, 2.75) is 224 Å². The van der Waals surface area contributed by atoms with Crippen molar-refractivity contribution in [1.29, 1.82) is 0 Å². The molecule has 0 aromatic heterocycles. The van der Waals surface area contributed by atoms with Gasteiger partial charge < -0.3 is 29.2 Å². The Morgan fingerprint density at radius 2 is 0.894 bits per heavy atom. The highest BCUT2D eigenvalue weighted by molar-refractivity contribution is 5.69. The number of carbonyl (C=O) groups is 2. The smallest absolute Gasteiger partial charge is 0.306 e. The molecule has 1 aliphatic rings. The Labute approximate surface area is 288 Å². The Morgan fingerprint density at radius 3 is 1.28 bits per heavy atom. The summed E-state index contributed by atoms with van der Waals surface area (Å²) < 4.78 is 21.9. The van der Waals surface area contributed by atoms with Crippen LogP contribution in [0.4, 0.5) is 0 Å². The van der Waals surface area contributed by atoms with Gasteiger partial charge in [-0.2, -0.15) is 0 Å². The molecule has 47 heavy (non-hydrogen) atoms. The second-order valence-electron chi connectivity index (χ2n) is 13.9. The van der Waals surface area contributed by atoms with Crippen molar-refractivity contribution in [2.75, 3.05) is 13.7 Å². The quantitative estimate of drug-likeness (QED) is 0.0538. The molecule has 0 bridgehead atoms. The lowest BCUT2D eigenvalue weighted by Crippen LogP contribution is -2.60. The molecule has 0 saturated carbocycles. The van der Waals surface area contributed by atoms with Crippen molar-refractivity contribution in [3.8, 4) is 0 Å². The van der Waals surface area contributed by atoms with E-state index >= 15 is 0 Å². The lowest BCUT2D eigenvalue weighted by molar-refractivity contribution is -0.298. The SMILES string of the molecule is CCCCCCCCCCCCCCCC(=O)OC[C@H]1OC(OC)[C@H](OC(=O)CCCCCCCCCCCCCCC)[C@@H](O)[C@@H]1O. The first kappa shape index (κ1) is 43.8. The van der Waals surface area contributed by atoms with Crippen molar-refractivity contribution in [3.05, 3.63) is 0 Å². The number of methoxy groups -OCH3 is 1. The van der Waals surface area contributed by atoms with Crippen molar-refractivity contribution in [1.82, 2.24) is 0 Å². The third-order valence-electron chi connectivity index (χ3n) is 9.52. The molecule has 0 radical (unpaired) electrons. The Kier molecular flexibility index (Phi) is 28.7. The minimum absolute atomic E-state index is 0.199. The zero-order valence-corrected chi connectivity index (χ0v) is 30.7. The van der Waals surface area contributed by atoms with Gasteiger partial charge in [-0.3, -0.25) is 9.59 Å². The number of hydrogen-bond acceptors (Lipinski definition) is 8. The molecule has 0 aromatic carbocycles. The van der Waals surface area contributed by atoms with Gasteiger partial charge in [-0.1, -0.05) is 168 Å². The number of hydrogen-bond donors (Lipinski definition) is 2. The molecule has 5 atom stereocenters. The van der Waals surface area contributed by atoms with E-state index in [4.69, 9.17) is 18.9 Å². The van der Waals surface area contributed by atoms with E-state index in [1.165, 1.54) is 136 Å². The maximum Gasteiger partial charge on any atom is 0.306 e. The molecule has 1 saturated heterocycles. The molecule has 2 N–H and O–H groups in total. The third kappa shape index (κ3) is 22.9. The zero-order valence-electron chi connectivity index (χ0n) is 30.7. The summed E-state index contributed by atoms with van der Waals surface area (Å²) in [7, 11) is 1.39. The van der Waals surface area contributed by atoms with Crippen LogP contribution in [0, 0.1) is 0 Å². The van der Waals surface area contributed by atoms with Crippen LogP contribution in [-0.2, 0) is 28.5 Å². The maximum atomic E-state index is 12.5. The lowest BCUT2D eigenvalue weighted by atomic mass is 9.99. The minimum atomic E-state index is -1.41. The number of carbonyl (C=O) groups excluding carboxylic acids is 2. The molecule has 1 unspecified atom stereocenters. The van der Waals surface area contributed by atoms with Crippen molar-refractivity contribution < 1.29 is 38.7 Å². The Bertz CT molecular complexity index is 728. The number of unbranched alkanes of at least 4 members (excludes halogenated alkanes) is 24. The Balaban J connectivity index is 2.12. The number of rotatable bonds is 32. The van der Waals surface area contributed by atoms with Crippen LogP contribution < -0.4 is 0 Å². The van der Waals surface area contributed by atoms with E-state index in [9.17, 15) is 19.8 Å². The lowest BCUT2D eigenvalue weighted by Gasteiger charge is -2.41. The molecule has 1 fully saturated rings. The summed E-state index contributed by atoms with van der Waals surface area (Å²) in [5.74, 6) is -0.795. The van der Waals surface area contributed by atoms with Gasteiger partial charge in [0, 0.05) is 20.0 Å². The van der Waals surface area contributed by atoms with Crippen LogP contribution in [0.5, 0.6) is 0 Å². The van der Waals surface area contributed by atoms with Crippen LogP contribution in [0.3, 0.4) is 0 Å². The highest BCUT2D eigenvalue weighted by Crippen LogP contribution is 2.25. The van der Waals surface area contributed by atoms with E-state index in [-0.39, 0.29) is 19.0 Å². The van der Waals surface area contributed by atoms with Crippen LogP contribution in [0.1, 0.15) is 194 Å². The predicted octanol–water partition coefficient (Wildman–Crippen LogP) is 9.50. The normalized spacial score (nSPS) is 21.2. The maximum absolute atomic E-state index is 12.5. The first-order chi connectivity index (χ1) is 22.9. The van der Waals surface area contributed by atoms with Gasteiger partial charge in [0.05, 0.1) is 0 Å². The second-order valence-corrected chi connectivity index (χ2v) is 13.9. The van der Waals surface area contributed by atoms with Crippen LogP contribution in [0.15, 0.2) is 0 Å². The van der Waals surface area contributed by atoms with E-state index in [2.05, 4.69) is 13.8 Å². The summed E-state index contributed by atoms with van der Waals surface area (Å²) in [6.07, 6.45) is 26.6. The van der Waals surface area contributed by atoms with Gasteiger partial charge in [-0.15, -0.1) is 0 Å². The van der Waals surface area contributed by atoms with Gasteiger partial charge in [0.2, 0.25) is 0 Å². The summed E-state index contributed by atoms with van der Waals surface area (Å²) in [4.78, 5) is 24.8. The highest BCUT2D eigenvalue weighted by atomic mass is 16.7. The second kappa shape index (κ2) is 30.8. The molecule has 278 valence electrons. The van der Waals surface area contributed by atoms with E-state index in [0.29, 0.717) is 6.42 Å². The van der Waals surface area contributed by atoms with Crippen molar-refractivity contribution in [3.63, 3.8) is 0 Å². The van der Waals surface area contributed by atoms with Crippen LogP contribution >= 0.6 is 0 Å². The van der Waals surface area contributed by atoms with Gasteiger partial charge in [0.15, 0.2) is 12.4 Å². The standard InChI is InChI=1S/C39H74O8/c1-4-6-8-10-12-14-16-18-20-22-24-26-28-30-34(40)45-32-33-36(42)37(43)38(39(44-3)46-33)47-35(41)31-29-27-25-23-21-19-17-15-13-11-9-7-5-2/h33,36-39,42-43H,4-32H2,1-3H3/t33-,36-,37+,38-,39?/m1/s1. The summed E-state index contributed by atoms with van der Waals surface area (Å²) >= 11 is 0. The van der Waals surface area contributed by atoms with Gasteiger partial charge in [0.1, 0.15) is 24.9 Å². The monoisotopic (exact) mass is 671 g/mol. The topological polar surface area (TPSA) is 112 Å². The van der Waals surface area contributed by atoms with Crippen LogP contribution in [-0.4, -0.2) is 66.6 Å². The first-order valence-electron chi connectivity index (χ1n) is 19.8. The van der Waals surface area contributed by atoms with Crippen molar-refractivity contribution >= 4 is 11.9 Å². The molecular formula is C39H74O8. The fourth-order valence-corrected chi connectivity index (χ4v) is 6.39. The molecule has 0 aromatic rings. The Hall–Kier alpha value is -1.22. The average Bonchev–Trinajstić information content (AvgIpc) is 3.07. The van der Waals surface area contributed by atoms with Gasteiger partial charge >= 0.3 is 11.9 Å². The predicted molar refractivity (Wildman–Crippen MR) is 189 cm³/mol. The highest BCUT2D eigenvalue weighted by Gasteiger charge is 2.47. The van der Waals surface area contributed by atoms with Crippen molar-refractivity contribution in [2.24, 2.45) is 0 Å². The number of aliphatic hydroxyl groups excluding tert-OH is 2. The van der Waals surface area contributed by atoms with Gasteiger partial charge in [-0.05, 0) is 12.8 Å². The van der Waals surface area contributed by atoms with Crippen LogP contribution in [0.25, 0.3) is 0 Å². The molecule has 8 heteroatoms. The summed E-state index contributed by atoms with van der Waals surface area (Å²) in [5.41, 5.74) is 0. The molecule has 1 heterocycles. The third-order valence-corrected chi connectivity index (χ3v) is 9.52. The number of esters is 2. The van der Waals surface area contributed by atoms with Gasteiger partial charge in [0.25, 0.3) is 0 Å².